The number of ether oxygens (including phenoxy) is 2. The molecule has 0 saturated carbocycles. The molecule has 0 rings (SSSR count). The van der Waals surface area contributed by atoms with Crippen LogP contribution in [0.5, 0.6) is 0 Å². The summed E-state index contributed by atoms with van der Waals surface area (Å²) in [6.45, 7) is 11.0. The highest BCUT2D eigenvalue weighted by Gasteiger charge is 2.14. The van der Waals surface area contributed by atoms with Crippen molar-refractivity contribution >= 4 is 11.9 Å². The monoisotopic (exact) mass is 354 g/mol. The Kier molecular flexibility index (Phi) is 14.2. The van der Waals surface area contributed by atoms with E-state index in [1.807, 2.05) is 0 Å². The fourth-order valence-corrected chi connectivity index (χ4v) is 2.58. The lowest BCUT2D eigenvalue weighted by Gasteiger charge is -2.15. The maximum absolute atomic E-state index is 12.0. The van der Waals surface area contributed by atoms with Gasteiger partial charge in [0.05, 0.1) is 13.2 Å². The van der Waals surface area contributed by atoms with Crippen molar-refractivity contribution in [2.24, 2.45) is 11.8 Å². The molecule has 0 fully saturated rings. The largest absolute Gasteiger partial charge is 0.462 e. The Morgan fingerprint density at radius 1 is 0.840 bits per heavy atom. The molecule has 0 aliphatic heterocycles. The Morgan fingerprint density at radius 2 is 1.32 bits per heavy atom. The second-order valence-corrected chi connectivity index (χ2v) is 6.89. The van der Waals surface area contributed by atoms with Crippen molar-refractivity contribution in [1.29, 1.82) is 0 Å². The number of hydrogen-bond donors (Lipinski definition) is 0. The van der Waals surface area contributed by atoms with Gasteiger partial charge in [-0.3, -0.25) is 0 Å². The molecule has 0 radical (unpaired) electrons. The zero-order valence-corrected chi connectivity index (χ0v) is 16.9. The number of esters is 2. The molecular formula is C21H38O4. The normalized spacial score (nSPS) is 14.0. The minimum Gasteiger partial charge on any atom is -0.462 e. The maximum atomic E-state index is 12.0. The van der Waals surface area contributed by atoms with Gasteiger partial charge in [0.2, 0.25) is 0 Å². The van der Waals surface area contributed by atoms with Crippen molar-refractivity contribution in [3.8, 4) is 0 Å². The molecule has 0 aromatic heterocycles. The Bertz CT molecular complexity index is 401. The molecular weight excluding hydrogens is 316 g/mol. The summed E-state index contributed by atoms with van der Waals surface area (Å²) in [4.78, 5) is 23.9. The molecule has 4 nitrogen and oxygen atoms in total. The van der Waals surface area contributed by atoms with Crippen LogP contribution < -0.4 is 0 Å². The van der Waals surface area contributed by atoms with Crippen LogP contribution in [0.15, 0.2) is 11.6 Å². The van der Waals surface area contributed by atoms with E-state index < -0.39 is 11.9 Å². The molecule has 146 valence electrons. The predicted molar refractivity (Wildman–Crippen MR) is 102 cm³/mol. The van der Waals surface area contributed by atoms with E-state index in [1.54, 1.807) is 6.92 Å². The molecule has 0 spiro atoms. The molecule has 0 aromatic rings. The van der Waals surface area contributed by atoms with Gasteiger partial charge in [-0.25, -0.2) is 9.59 Å². The zero-order valence-electron chi connectivity index (χ0n) is 16.9. The lowest BCUT2D eigenvalue weighted by atomic mass is 10.0. The summed E-state index contributed by atoms with van der Waals surface area (Å²) in [6, 6.07) is 0. The van der Waals surface area contributed by atoms with E-state index in [0.717, 1.165) is 51.4 Å². The van der Waals surface area contributed by atoms with Gasteiger partial charge in [-0.1, -0.05) is 66.2 Å². The van der Waals surface area contributed by atoms with Gasteiger partial charge in [-0.05, 0) is 31.6 Å². The Morgan fingerprint density at radius 3 is 1.76 bits per heavy atom. The van der Waals surface area contributed by atoms with E-state index in [-0.39, 0.29) is 0 Å². The molecule has 2 atom stereocenters. The van der Waals surface area contributed by atoms with Crippen LogP contribution in [0.25, 0.3) is 0 Å². The SMILES string of the molecule is CCCCC(CC)COC(=O)/C=C(\C)C(=O)OCC(CC)CCCC. The number of unbranched alkanes of at least 4 members (excludes halogenated alkanes) is 2. The van der Waals surface area contributed by atoms with E-state index in [0.29, 0.717) is 30.6 Å². The Labute approximate surface area is 154 Å². The van der Waals surface area contributed by atoms with Crippen molar-refractivity contribution in [1.82, 2.24) is 0 Å². The molecule has 0 bridgehead atoms. The third-order valence-corrected chi connectivity index (χ3v) is 4.65. The summed E-state index contributed by atoms with van der Waals surface area (Å²) in [7, 11) is 0. The zero-order chi connectivity index (χ0) is 19.1. The van der Waals surface area contributed by atoms with E-state index in [9.17, 15) is 9.59 Å². The summed E-state index contributed by atoms with van der Waals surface area (Å²) in [5.41, 5.74) is 0.303. The van der Waals surface area contributed by atoms with E-state index in [4.69, 9.17) is 9.47 Å². The highest BCUT2D eigenvalue weighted by molar-refractivity contribution is 5.95. The second kappa shape index (κ2) is 15.0. The van der Waals surface area contributed by atoms with Crippen LogP contribution in [0.3, 0.4) is 0 Å². The summed E-state index contributed by atoms with van der Waals surface area (Å²) in [5.74, 6) is -0.0895. The van der Waals surface area contributed by atoms with E-state index in [1.165, 1.54) is 6.08 Å². The van der Waals surface area contributed by atoms with Crippen molar-refractivity contribution in [3.63, 3.8) is 0 Å². The van der Waals surface area contributed by atoms with Gasteiger partial charge >= 0.3 is 11.9 Å². The molecule has 25 heavy (non-hydrogen) atoms. The summed E-state index contributed by atoms with van der Waals surface area (Å²) in [5, 5.41) is 0. The topological polar surface area (TPSA) is 52.6 Å². The van der Waals surface area contributed by atoms with Crippen molar-refractivity contribution in [2.75, 3.05) is 13.2 Å². The average molecular weight is 355 g/mol. The van der Waals surface area contributed by atoms with E-state index in [2.05, 4.69) is 27.7 Å². The van der Waals surface area contributed by atoms with E-state index >= 15 is 0 Å². The first-order valence-corrected chi connectivity index (χ1v) is 10.00. The maximum Gasteiger partial charge on any atom is 0.333 e. The minimum absolute atomic E-state index is 0.303. The van der Waals surface area contributed by atoms with Gasteiger partial charge in [-0.15, -0.1) is 0 Å². The lowest BCUT2D eigenvalue weighted by Crippen LogP contribution is -2.16. The third-order valence-electron chi connectivity index (χ3n) is 4.65. The Hall–Kier alpha value is -1.32. The van der Waals surface area contributed by atoms with Crippen LogP contribution in [0.4, 0.5) is 0 Å². The summed E-state index contributed by atoms with van der Waals surface area (Å²) >= 11 is 0. The quantitative estimate of drug-likeness (QED) is 0.307. The van der Waals surface area contributed by atoms with Crippen LogP contribution in [0, 0.1) is 11.8 Å². The van der Waals surface area contributed by atoms with Gasteiger partial charge in [0.25, 0.3) is 0 Å². The van der Waals surface area contributed by atoms with Gasteiger partial charge < -0.3 is 9.47 Å². The molecule has 2 unspecified atom stereocenters. The van der Waals surface area contributed by atoms with Crippen LogP contribution in [0.2, 0.25) is 0 Å². The molecule has 0 aliphatic carbocycles. The minimum atomic E-state index is -0.456. The molecule has 0 heterocycles. The van der Waals surface area contributed by atoms with Crippen molar-refractivity contribution < 1.29 is 19.1 Å². The van der Waals surface area contributed by atoms with Crippen molar-refractivity contribution in [2.45, 2.75) is 86.0 Å². The van der Waals surface area contributed by atoms with Gasteiger partial charge in [0.1, 0.15) is 0 Å². The number of carbonyl (C=O) groups excluding carboxylic acids is 2. The first kappa shape index (κ1) is 23.7. The molecule has 0 saturated heterocycles. The summed E-state index contributed by atoms with van der Waals surface area (Å²) < 4.78 is 10.6. The van der Waals surface area contributed by atoms with Gasteiger partial charge in [0, 0.05) is 11.6 Å². The van der Waals surface area contributed by atoms with Gasteiger partial charge in [-0.2, -0.15) is 0 Å². The fraction of sp³-hybridized carbons (Fsp3) is 0.810. The van der Waals surface area contributed by atoms with Crippen LogP contribution in [0.1, 0.15) is 86.0 Å². The smallest absolute Gasteiger partial charge is 0.333 e. The van der Waals surface area contributed by atoms with Crippen LogP contribution >= 0.6 is 0 Å². The first-order chi connectivity index (χ1) is 12.0. The predicted octanol–water partition coefficient (Wildman–Crippen LogP) is 5.45. The highest BCUT2D eigenvalue weighted by atomic mass is 16.5. The lowest BCUT2D eigenvalue weighted by molar-refractivity contribution is -0.142. The van der Waals surface area contributed by atoms with Crippen LogP contribution in [-0.4, -0.2) is 25.2 Å². The molecule has 0 N–H and O–H groups in total. The standard InChI is InChI=1S/C21H38O4/c1-6-10-12-18(8-3)15-24-20(22)14-17(5)21(23)25-16-19(9-4)13-11-7-2/h14,18-19H,6-13,15-16H2,1-5H3/b17-14+. The molecule has 0 amide bonds. The number of rotatable bonds is 14. The molecule has 0 aromatic carbocycles. The number of hydrogen-bond acceptors (Lipinski definition) is 4. The second-order valence-electron chi connectivity index (χ2n) is 6.89. The van der Waals surface area contributed by atoms with Crippen molar-refractivity contribution in [3.05, 3.63) is 11.6 Å². The number of carbonyl (C=O) groups is 2. The van der Waals surface area contributed by atoms with Crippen LogP contribution in [-0.2, 0) is 19.1 Å². The highest BCUT2D eigenvalue weighted by Crippen LogP contribution is 2.15. The molecule has 0 aliphatic rings. The Balaban J connectivity index is 4.29. The molecule has 4 heteroatoms. The third kappa shape index (κ3) is 11.8. The van der Waals surface area contributed by atoms with Gasteiger partial charge in [0.15, 0.2) is 0 Å². The average Bonchev–Trinajstić information content (AvgIpc) is 2.61. The fourth-order valence-electron chi connectivity index (χ4n) is 2.58. The first-order valence-electron chi connectivity index (χ1n) is 10.00. The summed E-state index contributed by atoms with van der Waals surface area (Å²) in [6.07, 6.45) is 9.97.